The lowest BCUT2D eigenvalue weighted by Gasteiger charge is -2.07. The zero-order valence-corrected chi connectivity index (χ0v) is 10.4. The fourth-order valence-electron chi connectivity index (χ4n) is 1.60. The van der Waals surface area contributed by atoms with E-state index in [4.69, 9.17) is 5.11 Å². The highest BCUT2D eigenvalue weighted by Gasteiger charge is 2.11. The third kappa shape index (κ3) is 3.00. The van der Waals surface area contributed by atoms with Crippen molar-refractivity contribution in [2.75, 3.05) is 11.9 Å². The minimum Gasteiger partial charge on any atom is -0.384 e. The van der Waals surface area contributed by atoms with Gasteiger partial charge in [-0.1, -0.05) is 24.0 Å². The molecule has 5 heteroatoms. The maximum atomic E-state index is 12.1. The van der Waals surface area contributed by atoms with Gasteiger partial charge in [0.2, 0.25) is 0 Å². The van der Waals surface area contributed by atoms with Crippen molar-refractivity contribution in [3.63, 3.8) is 0 Å². The molecule has 0 saturated heterocycles. The molecular weight excluding hydrogens is 242 g/mol. The van der Waals surface area contributed by atoms with Crippen molar-refractivity contribution in [1.29, 1.82) is 0 Å². The largest absolute Gasteiger partial charge is 0.384 e. The number of aryl methyl sites for hydroxylation is 1. The van der Waals surface area contributed by atoms with Crippen LogP contribution in [0.4, 0.5) is 5.69 Å². The molecule has 0 aliphatic heterocycles. The van der Waals surface area contributed by atoms with Crippen LogP contribution in [0.3, 0.4) is 0 Å². The van der Waals surface area contributed by atoms with Crippen LogP contribution in [0.2, 0.25) is 0 Å². The highest BCUT2D eigenvalue weighted by molar-refractivity contribution is 6.03. The van der Waals surface area contributed by atoms with Crippen LogP contribution >= 0.6 is 0 Å². The molecule has 0 saturated carbocycles. The molecule has 0 aliphatic carbocycles. The Kier molecular flexibility index (Phi) is 3.96. The van der Waals surface area contributed by atoms with Crippen molar-refractivity contribution in [3.05, 3.63) is 48.0 Å². The number of aliphatic hydroxyl groups excluding tert-OH is 1. The number of nitrogens with zero attached hydrogens (tertiary/aromatic N) is 2. The van der Waals surface area contributed by atoms with E-state index in [0.29, 0.717) is 16.9 Å². The summed E-state index contributed by atoms with van der Waals surface area (Å²) in [6.45, 7) is -0.218. The minimum atomic E-state index is -0.252. The van der Waals surface area contributed by atoms with Crippen LogP contribution < -0.4 is 5.32 Å². The molecule has 1 amide bonds. The number of amides is 1. The van der Waals surface area contributed by atoms with Gasteiger partial charge in [-0.05, 0) is 12.1 Å². The second kappa shape index (κ2) is 5.85. The Balaban J connectivity index is 2.24. The lowest BCUT2D eigenvalue weighted by Crippen LogP contribution is -2.16. The number of aromatic nitrogens is 2. The number of hydrogen-bond donors (Lipinski definition) is 2. The smallest absolute Gasteiger partial charge is 0.273 e. The summed E-state index contributed by atoms with van der Waals surface area (Å²) in [5.41, 5.74) is 1.73. The summed E-state index contributed by atoms with van der Waals surface area (Å²) in [6, 6.07) is 7.17. The van der Waals surface area contributed by atoms with E-state index in [2.05, 4.69) is 22.1 Å². The van der Waals surface area contributed by atoms with E-state index in [1.165, 1.54) is 6.20 Å². The van der Waals surface area contributed by atoms with E-state index in [1.54, 1.807) is 30.1 Å². The number of para-hydroxylation sites is 1. The molecule has 0 unspecified atom stereocenters. The van der Waals surface area contributed by atoms with Gasteiger partial charge in [-0.2, -0.15) is 0 Å². The molecule has 0 spiro atoms. The monoisotopic (exact) mass is 255 g/mol. The number of rotatable bonds is 2. The first-order valence-corrected chi connectivity index (χ1v) is 5.69. The van der Waals surface area contributed by atoms with Crippen LogP contribution in [0, 0.1) is 11.8 Å². The molecule has 5 nitrogen and oxygen atoms in total. The standard InChI is InChI=1S/C14H13N3O2/c1-17-10-15-9-13(17)14(19)16-12-7-3-2-5-11(12)6-4-8-18/h2-3,5,7,9-10,18H,8H2,1H3,(H,16,19). The number of hydrogen-bond acceptors (Lipinski definition) is 3. The van der Waals surface area contributed by atoms with Crippen LogP contribution in [-0.4, -0.2) is 27.2 Å². The average Bonchev–Trinajstić information content (AvgIpc) is 2.84. The maximum absolute atomic E-state index is 12.1. The number of nitrogens with one attached hydrogen (secondary N) is 1. The minimum absolute atomic E-state index is 0.218. The number of benzene rings is 1. The van der Waals surface area contributed by atoms with Gasteiger partial charge >= 0.3 is 0 Å². The maximum Gasteiger partial charge on any atom is 0.273 e. The van der Waals surface area contributed by atoms with Crippen molar-refractivity contribution in [2.24, 2.45) is 7.05 Å². The van der Waals surface area contributed by atoms with Gasteiger partial charge in [0.15, 0.2) is 0 Å². The van der Waals surface area contributed by atoms with Gasteiger partial charge in [-0.25, -0.2) is 4.98 Å². The average molecular weight is 255 g/mol. The molecule has 0 bridgehead atoms. The number of carbonyl (C=O) groups is 1. The first-order chi connectivity index (χ1) is 9.22. The predicted molar refractivity (Wildman–Crippen MR) is 71.6 cm³/mol. The molecular formula is C14H13N3O2. The first-order valence-electron chi connectivity index (χ1n) is 5.69. The van der Waals surface area contributed by atoms with Crippen molar-refractivity contribution < 1.29 is 9.90 Å². The molecule has 2 N–H and O–H groups in total. The Hall–Kier alpha value is -2.58. The topological polar surface area (TPSA) is 67.2 Å². The van der Waals surface area contributed by atoms with E-state index in [1.807, 2.05) is 12.1 Å². The Morgan fingerprint density at radius 3 is 2.95 bits per heavy atom. The van der Waals surface area contributed by atoms with Gasteiger partial charge in [0.25, 0.3) is 5.91 Å². The summed E-state index contributed by atoms with van der Waals surface area (Å²) in [4.78, 5) is 16.0. The molecule has 0 aliphatic rings. The number of imidazole rings is 1. The molecule has 2 rings (SSSR count). The Morgan fingerprint density at radius 1 is 1.47 bits per heavy atom. The first kappa shape index (κ1) is 12.9. The van der Waals surface area contributed by atoms with E-state index in [0.717, 1.165) is 0 Å². The molecule has 96 valence electrons. The van der Waals surface area contributed by atoms with Crippen LogP contribution in [0.5, 0.6) is 0 Å². The summed E-state index contributed by atoms with van der Waals surface area (Å²) < 4.78 is 1.64. The highest BCUT2D eigenvalue weighted by atomic mass is 16.2. The fraction of sp³-hybridized carbons (Fsp3) is 0.143. The quantitative estimate of drug-likeness (QED) is 0.787. The van der Waals surface area contributed by atoms with Crippen LogP contribution in [-0.2, 0) is 7.05 Å². The van der Waals surface area contributed by atoms with Crippen LogP contribution in [0.15, 0.2) is 36.8 Å². The summed E-state index contributed by atoms with van der Waals surface area (Å²) in [6.07, 6.45) is 3.06. The van der Waals surface area contributed by atoms with Gasteiger partial charge in [-0.15, -0.1) is 0 Å². The molecule has 0 radical (unpaired) electrons. The van der Waals surface area contributed by atoms with Crippen molar-refractivity contribution in [3.8, 4) is 11.8 Å². The van der Waals surface area contributed by atoms with Crippen molar-refractivity contribution in [1.82, 2.24) is 9.55 Å². The number of carbonyl (C=O) groups excluding carboxylic acids is 1. The van der Waals surface area contributed by atoms with E-state index >= 15 is 0 Å². The van der Waals surface area contributed by atoms with Crippen LogP contribution in [0.1, 0.15) is 16.1 Å². The van der Waals surface area contributed by atoms with Crippen molar-refractivity contribution >= 4 is 11.6 Å². The number of anilines is 1. The number of aliphatic hydroxyl groups is 1. The molecule has 0 atom stereocenters. The van der Waals surface area contributed by atoms with E-state index < -0.39 is 0 Å². The normalized spacial score (nSPS) is 9.58. The molecule has 19 heavy (non-hydrogen) atoms. The second-order valence-corrected chi connectivity index (χ2v) is 3.85. The molecule has 1 aromatic heterocycles. The highest BCUT2D eigenvalue weighted by Crippen LogP contribution is 2.14. The molecule has 2 aromatic rings. The van der Waals surface area contributed by atoms with Gasteiger partial charge in [-0.3, -0.25) is 4.79 Å². The second-order valence-electron chi connectivity index (χ2n) is 3.85. The lowest BCUT2D eigenvalue weighted by atomic mass is 10.2. The van der Waals surface area contributed by atoms with Crippen LogP contribution in [0.25, 0.3) is 0 Å². The predicted octanol–water partition coefficient (Wildman–Crippen LogP) is 1.02. The molecule has 1 heterocycles. The third-order valence-corrected chi connectivity index (χ3v) is 2.53. The Labute approximate surface area is 110 Å². The van der Waals surface area contributed by atoms with Gasteiger partial charge < -0.3 is 15.0 Å². The summed E-state index contributed by atoms with van der Waals surface area (Å²) in [7, 11) is 1.75. The third-order valence-electron chi connectivity index (χ3n) is 2.53. The summed E-state index contributed by atoms with van der Waals surface area (Å²) in [5.74, 6) is 5.10. The van der Waals surface area contributed by atoms with Crippen molar-refractivity contribution in [2.45, 2.75) is 0 Å². The van der Waals surface area contributed by atoms with Gasteiger partial charge in [0, 0.05) is 12.6 Å². The molecule has 1 aromatic carbocycles. The molecule has 0 fully saturated rings. The van der Waals surface area contributed by atoms with E-state index in [-0.39, 0.29) is 12.5 Å². The summed E-state index contributed by atoms with van der Waals surface area (Å²) >= 11 is 0. The SMILES string of the molecule is Cn1cncc1C(=O)Nc1ccccc1C#CCO. The van der Waals surface area contributed by atoms with E-state index in [9.17, 15) is 4.79 Å². The fourth-order valence-corrected chi connectivity index (χ4v) is 1.60. The van der Waals surface area contributed by atoms with Gasteiger partial charge in [0.05, 0.1) is 18.2 Å². The zero-order valence-electron chi connectivity index (χ0n) is 10.4. The van der Waals surface area contributed by atoms with Gasteiger partial charge in [0.1, 0.15) is 12.3 Å². The lowest BCUT2D eigenvalue weighted by molar-refractivity contribution is 0.101. The summed E-state index contributed by atoms with van der Waals surface area (Å²) in [5, 5.41) is 11.5. The Morgan fingerprint density at radius 2 is 2.26 bits per heavy atom. The zero-order chi connectivity index (χ0) is 13.7. The Bertz CT molecular complexity index is 650.